The van der Waals surface area contributed by atoms with Crippen LogP contribution in [0.1, 0.15) is 16.8 Å². The van der Waals surface area contributed by atoms with Crippen LogP contribution in [-0.2, 0) is 4.79 Å². The van der Waals surface area contributed by atoms with Gasteiger partial charge in [0.05, 0.1) is 0 Å². The van der Waals surface area contributed by atoms with E-state index >= 15 is 0 Å². The van der Waals surface area contributed by atoms with E-state index in [0.717, 1.165) is 0 Å². The molecular formula is C11H14N2O4. The maximum absolute atomic E-state index is 11.6. The summed E-state index contributed by atoms with van der Waals surface area (Å²) in [5.74, 6) is -1.65. The molecule has 17 heavy (non-hydrogen) atoms. The molecule has 0 fully saturated rings. The number of anilines is 1. The van der Waals surface area contributed by atoms with Gasteiger partial charge in [-0.2, -0.15) is 0 Å². The van der Waals surface area contributed by atoms with Crippen molar-refractivity contribution >= 4 is 17.6 Å². The fourth-order valence-corrected chi connectivity index (χ4v) is 1.23. The first kappa shape index (κ1) is 13.0. The number of rotatable bonds is 5. The summed E-state index contributed by atoms with van der Waals surface area (Å²) in [6.07, 6.45) is -1.50. The number of hydrogen-bond acceptors (Lipinski definition) is 4. The molecule has 0 aliphatic carbocycles. The third kappa shape index (κ3) is 4.12. The standard InChI is InChI=1S/C11H14N2O4/c12-8-3-1-2-7(6-8)10(15)13-5-4-9(14)11(16)17/h1-3,6,9,14H,4-5,12H2,(H,13,15)(H,16,17). The highest BCUT2D eigenvalue weighted by Crippen LogP contribution is 2.06. The molecule has 0 aliphatic rings. The molecular weight excluding hydrogens is 224 g/mol. The van der Waals surface area contributed by atoms with Gasteiger partial charge in [0.25, 0.3) is 5.91 Å². The molecule has 0 aliphatic heterocycles. The molecule has 92 valence electrons. The van der Waals surface area contributed by atoms with Gasteiger partial charge >= 0.3 is 5.97 Å². The lowest BCUT2D eigenvalue weighted by molar-refractivity contribution is -0.146. The summed E-state index contributed by atoms with van der Waals surface area (Å²) in [6.45, 7) is 0.0844. The molecule has 1 unspecified atom stereocenters. The number of nitrogens with two attached hydrogens (primary N) is 1. The van der Waals surface area contributed by atoms with Gasteiger partial charge in [0.2, 0.25) is 0 Å². The van der Waals surface area contributed by atoms with Crippen LogP contribution in [0.15, 0.2) is 24.3 Å². The van der Waals surface area contributed by atoms with Gasteiger partial charge in [-0.05, 0) is 18.2 Å². The Labute approximate surface area is 98.1 Å². The SMILES string of the molecule is Nc1cccc(C(=O)NCCC(O)C(=O)O)c1. The minimum absolute atomic E-state index is 0.0383. The second kappa shape index (κ2) is 5.86. The highest BCUT2D eigenvalue weighted by atomic mass is 16.4. The molecule has 0 saturated carbocycles. The molecule has 6 heteroatoms. The van der Waals surface area contributed by atoms with Crippen LogP contribution in [0.5, 0.6) is 0 Å². The maximum atomic E-state index is 11.6. The second-order valence-corrected chi connectivity index (χ2v) is 3.52. The van der Waals surface area contributed by atoms with Crippen molar-refractivity contribution in [2.24, 2.45) is 0 Å². The second-order valence-electron chi connectivity index (χ2n) is 3.52. The molecule has 1 rings (SSSR count). The molecule has 0 radical (unpaired) electrons. The summed E-state index contributed by atoms with van der Waals surface area (Å²) in [7, 11) is 0. The number of carboxylic acids is 1. The third-order valence-electron chi connectivity index (χ3n) is 2.14. The Kier molecular flexibility index (Phi) is 4.47. The van der Waals surface area contributed by atoms with Crippen LogP contribution < -0.4 is 11.1 Å². The van der Waals surface area contributed by atoms with Crippen molar-refractivity contribution < 1.29 is 19.8 Å². The minimum Gasteiger partial charge on any atom is -0.479 e. The van der Waals surface area contributed by atoms with Gasteiger partial charge in [0.1, 0.15) is 0 Å². The smallest absolute Gasteiger partial charge is 0.332 e. The third-order valence-corrected chi connectivity index (χ3v) is 2.14. The summed E-state index contributed by atoms with van der Waals surface area (Å²) in [6, 6.07) is 6.42. The van der Waals surface area contributed by atoms with E-state index in [1.165, 1.54) is 6.07 Å². The molecule has 0 spiro atoms. The van der Waals surface area contributed by atoms with E-state index in [2.05, 4.69) is 5.32 Å². The summed E-state index contributed by atoms with van der Waals surface area (Å²) in [5.41, 5.74) is 6.39. The van der Waals surface area contributed by atoms with Crippen molar-refractivity contribution in [3.63, 3.8) is 0 Å². The number of carbonyl (C=O) groups excluding carboxylic acids is 1. The van der Waals surface area contributed by atoms with E-state index in [4.69, 9.17) is 15.9 Å². The molecule has 0 aromatic heterocycles. The van der Waals surface area contributed by atoms with Crippen LogP contribution >= 0.6 is 0 Å². The van der Waals surface area contributed by atoms with Gasteiger partial charge in [0.15, 0.2) is 6.10 Å². The fraction of sp³-hybridized carbons (Fsp3) is 0.273. The number of aliphatic carboxylic acids is 1. The highest BCUT2D eigenvalue weighted by Gasteiger charge is 2.13. The summed E-state index contributed by atoms with van der Waals surface area (Å²) >= 11 is 0. The van der Waals surface area contributed by atoms with Gasteiger partial charge in [-0.3, -0.25) is 4.79 Å². The Morgan fingerprint density at radius 1 is 1.41 bits per heavy atom. The molecule has 5 N–H and O–H groups in total. The minimum atomic E-state index is -1.46. The number of hydrogen-bond donors (Lipinski definition) is 4. The molecule has 6 nitrogen and oxygen atoms in total. The lowest BCUT2D eigenvalue weighted by Crippen LogP contribution is -2.30. The van der Waals surface area contributed by atoms with Gasteiger partial charge in [-0.15, -0.1) is 0 Å². The van der Waals surface area contributed by atoms with Crippen LogP contribution in [-0.4, -0.2) is 34.7 Å². The zero-order valence-electron chi connectivity index (χ0n) is 9.09. The average Bonchev–Trinajstić information content (AvgIpc) is 2.28. The Balaban J connectivity index is 2.43. The summed E-state index contributed by atoms with van der Waals surface area (Å²) in [5, 5.41) is 19.9. The van der Waals surface area contributed by atoms with E-state index in [0.29, 0.717) is 11.3 Å². The normalized spacial score (nSPS) is 11.8. The molecule has 0 saturated heterocycles. The monoisotopic (exact) mass is 238 g/mol. The lowest BCUT2D eigenvalue weighted by Gasteiger charge is -2.07. The predicted octanol–water partition coefficient (Wildman–Crippen LogP) is -0.166. The van der Waals surface area contributed by atoms with E-state index in [1.807, 2.05) is 0 Å². The number of benzene rings is 1. The number of carbonyl (C=O) groups is 2. The van der Waals surface area contributed by atoms with E-state index in [-0.39, 0.29) is 18.9 Å². The number of aliphatic hydroxyl groups is 1. The number of nitrogens with one attached hydrogen (secondary N) is 1. The molecule has 1 aromatic carbocycles. The zero-order valence-corrected chi connectivity index (χ0v) is 9.09. The van der Waals surface area contributed by atoms with Crippen LogP contribution in [0.4, 0.5) is 5.69 Å². The molecule has 1 amide bonds. The van der Waals surface area contributed by atoms with Gasteiger partial charge in [-0.1, -0.05) is 6.07 Å². The van der Waals surface area contributed by atoms with Crippen molar-refractivity contribution in [3.8, 4) is 0 Å². The summed E-state index contributed by atoms with van der Waals surface area (Å²) in [4.78, 5) is 21.9. The number of nitrogen functional groups attached to an aromatic ring is 1. The first-order valence-electron chi connectivity index (χ1n) is 5.05. The van der Waals surface area contributed by atoms with Crippen molar-refractivity contribution in [2.45, 2.75) is 12.5 Å². The van der Waals surface area contributed by atoms with Gasteiger partial charge in [0, 0.05) is 24.2 Å². The molecule has 1 aromatic rings. The Hall–Kier alpha value is -2.08. The molecule has 0 heterocycles. The van der Waals surface area contributed by atoms with E-state index in [9.17, 15) is 9.59 Å². The first-order valence-corrected chi connectivity index (χ1v) is 5.05. The van der Waals surface area contributed by atoms with Gasteiger partial charge < -0.3 is 21.3 Å². The number of aliphatic hydroxyl groups excluding tert-OH is 1. The number of amides is 1. The predicted molar refractivity (Wildman–Crippen MR) is 61.4 cm³/mol. The van der Waals surface area contributed by atoms with Crippen molar-refractivity contribution in [2.75, 3.05) is 12.3 Å². The zero-order chi connectivity index (χ0) is 12.8. The van der Waals surface area contributed by atoms with Crippen LogP contribution in [0.2, 0.25) is 0 Å². The molecule has 1 atom stereocenters. The highest BCUT2D eigenvalue weighted by molar-refractivity contribution is 5.94. The molecule has 0 bridgehead atoms. The fourth-order valence-electron chi connectivity index (χ4n) is 1.23. The Bertz CT molecular complexity index is 420. The van der Waals surface area contributed by atoms with Crippen LogP contribution in [0.25, 0.3) is 0 Å². The van der Waals surface area contributed by atoms with Gasteiger partial charge in [-0.25, -0.2) is 4.79 Å². The Morgan fingerprint density at radius 2 is 2.12 bits per heavy atom. The Morgan fingerprint density at radius 3 is 2.71 bits per heavy atom. The van der Waals surface area contributed by atoms with Crippen molar-refractivity contribution in [1.29, 1.82) is 0 Å². The summed E-state index contributed by atoms with van der Waals surface area (Å²) < 4.78 is 0. The number of carboxylic acid groups (broad SMARTS) is 1. The van der Waals surface area contributed by atoms with Crippen LogP contribution in [0, 0.1) is 0 Å². The van der Waals surface area contributed by atoms with Crippen molar-refractivity contribution in [1.82, 2.24) is 5.32 Å². The average molecular weight is 238 g/mol. The topological polar surface area (TPSA) is 113 Å². The quantitative estimate of drug-likeness (QED) is 0.532. The van der Waals surface area contributed by atoms with E-state index < -0.39 is 12.1 Å². The van der Waals surface area contributed by atoms with Crippen molar-refractivity contribution in [3.05, 3.63) is 29.8 Å². The maximum Gasteiger partial charge on any atom is 0.332 e. The lowest BCUT2D eigenvalue weighted by atomic mass is 10.2. The van der Waals surface area contributed by atoms with Crippen LogP contribution in [0.3, 0.4) is 0 Å². The largest absolute Gasteiger partial charge is 0.479 e. The first-order chi connectivity index (χ1) is 8.00. The van der Waals surface area contributed by atoms with E-state index in [1.54, 1.807) is 18.2 Å².